The molecule has 19 heteroatoms. The maximum atomic E-state index is 13.0. The van der Waals surface area contributed by atoms with Gasteiger partial charge in [0.2, 0.25) is 0 Å². The van der Waals surface area contributed by atoms with Crippen molar-refractivity contribution in [2.75, 3.05) is 39.6 Å². The Bertz CT molecular complexity index is 1750. The zero-order chi connectivity index (χ0) is 66.5. The summed E-state index contributed by atoms with van der Waals surface area (Å²) in [5.41, 5.74) is 0. The average molecular weight is 1330 g/mol. The fourth-order valence-corrected chi connectivity index (χ4v) is 12.3. The second-order valence-corrected chi connectivity index (χ2v) is 29.5. The number of ether oxygens (including phenoxy) is 4. The van der Waals surface area contributed by atoms with E-state index in [4.69, 9.17) is 37.0 Å². The Morgan fingerprint density at radius 3 is 0.756 bits per heavy atom. The Morgan fingerprint density at radius 2 is 0.511 bits per heavy atom. The minimum atomic E-state index is -4.95. The lowest BCUT2D eigenvalue weighted by molar-refractivity contribution is -0.161. The lowest BCUT2D eigenvalue weighted by Crippen LogP contribution is -2.30. The molecule has 534 valence electrons. The molecule has 0 fully saturated rings. The third kappa shape index (κ3) is 64.8. The highest BCUT2D eigenvalue weighted by Crippen LogP contribution is 2.45. The molecule has 0 aromatic heterocycles. The number of rotatable bonds is 70. The van der Waals surface area contributed by atoms with Gasteiger partial charge in [-0.1, -0.05) is 311 Å². The van der Waals surface area contributed by atoms with E-state index in [1.807, 2.05) is 0 Å². The molecule has 0 rings (SSSR count). The fourth-order valence-electron chi connectivity index (χ4n) is 10.8. The molecule has 2 unspecified atom stereocenters. The number of hydrogen-bond donors (Lipinski definition) is 3. The molecule has 90 heavy (non-hydrogen) atoms. The predicted octanol–water partition coefficient (Wildman–Crippen LogP) is 20.4. The number of carbonyl (C=O) groups excluding carboxylic acids is 4. The van der Waals surface area contributed by atoms with Gasteiger partial charge in [0.15, 0.2) is 12.2 Å². The molecule has 0 saturated heterocycles. The first-order valence-corrected chi connectivity index (χ1v) is 40.0. The second kappa shape index (κ2) is 63.1. The van der Waals surface area contributed by atoms with Crippen LogP contribution in [0.1, 0.15) is 363 Å². The van der Waals surface area contributed by atoms with Gasteiger partial charge < -0.3 is 33.8 Å². The normalized spacial score (nSPS) is 14.1. The second-order valence-electron chi connectivity index (χ2n) is 26.6. The summed E-state index contributed by atoms with van der Waals surface area (Å²) in [5.74, 6) is -0.700. The van der Waals surface area contributed by atoms with Crippen LogP contribution in [0.2, 0.25) is 0 Å². The van der Waals surface area contributed by atoms with Crippen LogP contribution in [0.5, 0.6) is 0 Å². The van der Waals surface area contributed by atoms with Crippen LogP contribution in [0, 0.1) is 11.8 Å². The van der Waals surface area contributed by atoms with Gasteiger partial charge in [-0.3, -0.25) is 37.3 Å². The molecule has 0 aromatic rings. The molecule has 3 N–H and O–H groups in total. The molecule has 0 aliphatic heterocycles. The largest absolute Gasteiger partial charge is 0.472 e. The monoisotopic (exact) mass is 1320 g/mol. The van der Waals surface area contributed by atoms with Crippen molar-refractivity contribution in [3.63, 3.8) is 0 Å². The molecule has 0 radical (unpaired) electrons. The molecule has 0 aliphatic carbocycles. The first-order valence-electron chi connectivity index (χ1n) is 37.0. The standard InChI is InChI=1S/C71H138O17P2/c1-7-9-11-13-15-17-19-21-22-23-24-25-27-31-36-44-50-56-71(76)87-66(59-81-68(73)53-47-41-34-32-28-29-33-39-45-51-63(3)4)61-85-89(77,78)83-57-65(72)58-84-90(79,80)86-62-67(60-82-69(74)54-48-42-38-37-40-46-52-64(5)6)88-70(75)55-49-43-35-30-26-20-18-16-14-12-10-8-2/h63-67,72H,7-62H2,1-6H3,(H,77,78)(H,79,80)/t65-,66-,67-/m1/s1. The molecule has 0 heterocycles. The Hall–Kier alpha value is -1.94. The molecule has 0 amide bonds. The number of phosphoric ester groups is 2. The number of esters is 4. The highest BCUT2D eigenvalue weighted by Gasteiger charge is 2.30. The Labute approximate surface area is 549 Å². The van der Waals surface area contributed by atoms with Gasteiger partial charge in [0, 0.05) is 25.7 Å². The van der Waals surface area contributed by atoms with Crippen LogP contribution in [-0.2, 0) is 65.4 Å². The lowest BCUT2D eigenvalue weighted by Gasteiger charge is -2.21. The van der Waals surface area contributed by atoms with Crippen LogP contribution in [0.15, 0.2) is 0 Å². The highest BCUT2D eigenvalue weighted by molar-refractivity contribution is 7.47. The van der Waals surface area contributed by atoms with Crippen LogP contribution < -0.4 is 0 Å². The van der Waals surface area contributed by atoms with Gasteiger partial charge in [-0.15, -0.1) is 0 Å². The van der Waals surface area contributed by atoms with E-state index in [-0.39, 0.29) is 25.7 Å². The van der Waals surface area contributed by atoms with Crippen molar-refractivity contribution in [1.29, 1.82) is 0 Å². The van der Waals surface area contributed by atoms with Gasteiger partial charge in [-0.05, 0) is 37.5 Å². The molecular weight excluding hydrogens is 1190 g/mol. The van der Waals surface area contributed by atoms with Crippen LogP contribution in [-0.4, -0.2) is 96.7 Å². The minimum absolute atomic E-state index is 0.106. The molecule has 0 aromatic carbocycles. The van der Waals surface area contributed by atoms with Crippen molar-refractivity contribution in [1.82, 2.24) is 0 Å². The molecule has 0 spiro atoms. The number of unbranched alkanes of at least 4 members (excludes halogenated alkanes) is 40. The Balaban J connectivity index is 5.23. The van der Waals surface area contributed by atoms with Gasteiger partial charge in [-0.25, -0.2) is 9.13 Å². The van der Waals surface area contributed by atoms with Gasteiger partial charge in [0.05, 0.1) is 26.4 Å². The average Bonchev–Trinajstić information content (AvgIpc) is 3.19. The fraction of sp³-hybridized carbons (Fsp3) is 0.944. The van der Waals surface area contributed by atoms with Gasteiger partial charge in [-0.2, -0.15) is 0 Å². The maximum Gasteiger partial charge on any atom is 0.472 e. The minimum Gasteiger partial charge on any atom is -0.462 e. The van der Waals surface area contributed by atoms with Crippen molar-refractivity contribution in [3.8, 4) is 0 Å². The molecule has 0 bridgehead atoms. The Kier molecular flexibility index (Phi) is 61.8. The summed E-state index contributed by atoms with van der Waals surface area (Å²) in [6.45, 7) is 9.46. The van der Waals surface area contributed by atoms with E-state index in [1.165, 1.54) is 173 Å². The number of hydrogen-bond acceptors (Lipinski definition) is 15. The summed E-state index contributed by atoms with van der Waals surface area (Å²) in [6.07, 6.45) is 48.7. The van der Waals surface area contributed by atoms with Gasteiger partial charge >= 0.3 is 39.5 Å². The molecule has 17 nitrogen and oxygen atoms in total. The third-order valence-electron chi connectivity index (χ3n) is 16.5. The zero-order valence-electron chi connectivity index (χ0n) is 58.4. The van der Waals surface area contributed by atoms with E-state index in [0.29, 0.717) is 31.6 Å². The summed E-state index contributed by atoms with van der Waals surface area (Å²) in [6, 6.07) is 0. The summed E-state index contributed by atoms with van der Waals surface area (Å²) in [7, 11) is -9.90. The summed E-state index contributed by atoms with van der Waals surface area (Å²) < 4.78 is 68.3. The van der Waals surface area contributed by atoms with E-state index in [9.17, 15) is 43.2 Å². The van der Waals surface area contributed by atoms with Gasteiger partial charge in [0.1, 0.15) is 19.3 Å². The topological polar surface area (TPSA) is 237 Å². The summed E-state index contributed by atoms with van der Waals surface area (Å²) in [4.78, 5) is 72.5. The van der Waals surface area contributed by atoms with E-state index in [0.717, 1.165) is 102 Å². The van der Waals surface area contributed by atoms with E-state index >= 15 is 0 Å². The van der Waals surface area contributed by atoms with Crippen LogP contribution in [0.3, 0.4) is 0 Å². The van der Waals surface area contributed by atoms with E-state index in [2.05, 4.69) is 41.5 Å². The Morgan fingerprint density at radius 1 is 0.300 bits per heavy atom. The molecule has 0 saturated carbocycles. The van der Waals surface area contributed by atoms with Crippen LogP contribution in [0.4, 0.5) is 0 Å². The summed E-state index contributed by atoms with van der Waals surface area (Å²) >= 11 is 0. The lowest BCUT2D eigenvalue weighted by atomic mass is 10.0. The maximum absolute atomic E-state index is 13.0. The zero-order valence-corrected chi connectivity index (χ0v) is 60.2. The van der Waals surface area contributed by atoms with E-state index < -0.39 is 97.5 Å². The van der Waals surface area contributed by atoms with E-state index in [1.54, 1.807) is 0 Å². The number of aliphatic hydroxyl groups is 1. The van der Waals surface area contributed by atoms with Crippen molar-refractivity contribution in [2.45, 2.75) is 381 Å². The predicted molar refractivity (Wildman–Crippen MR) is 363 cm³/mol. The molecular formula is C71H138O17P2. The number of aliphatic hydroxyl groups excluding tert-OH is 1. The van der Waals surface area contributed by atoms with Crippen molar-refractivity contribution in [2.24, 2.45) is 11.8 Å². The molecule has 0 aliphatic rings. The third-order valence-corrected chi connectivity index (χ3v) is 18.4. The molecule has 5 atom stereocenters. The number of carbonyl (C=O) groups is 4. The highest BCUT2D eigenvalue weighted by atomic mass is 31.2. The van der Waals surface area contributed by atoms with Crippen molar-refractivity contribution >= 4 is 39.5 Å². The van der Waals surface area contributed by atoms with Gasteiger partial charge in [0.25, 0.3) is 0 Å². The smallest absolute Gasteiger partial charge is 0.462 e. The van der Waals surface area contributed by atoms with Crippen molar-refractivity contribution in [3.05, 3.63) is 0 Å². The quantitative estimate of drug-likeness (QED) is 0.0222. The SMILES string of the molecule is CCCCCCCCCCCCCCCCCCCC(=O)O[C@H](COC(=O)CCCCCCCCCCCC(C)C)COP(=O)(O)OC[C@@H](O)COP(=O)(O)OC[C@@H](COC(=O)CCCCCCCCC(C)C)OC(=O)CCCCCCCCCCCCCC. The van der Waals surface area contributed by atoms with Crippen LogP contribution >= 0.6 is 15.6 Å². The van der Waals surface area contributed by atoms with Crippen molar-refractivity contribution < 1.29 is 80.2 Å². The first kappa shape index (κ1) is 88.1. The first-order chi connectivity index (χ1) is 43.4. The van der Waals surface area contributed by atoms with Crippen LogP contribution in [0.25, 0.3) is 0 Å². The summed E-state index contributed by atoms with van der Waals surface area (Å²) in [5, 5.41) is 10.6. The number of phosphoric acid groups is 2.